The largest absolute Gasteiger partial charge is 0.858 e. The minimum Gasteiger partial charge on any atom is -0.858 e. The summed E-state index contributed by atoms with van der Waals surface area (Å²) in [7, 11) is 0. The third-order valence-corrected chi connectivity index (χ3v) is 1.78. The molecule has 1 heterocycles. The molecule has 0 aliphatic heterocycles. The summed E-state index contributed by atoms with van der Waals surface area (Å²) in [5.74, 6) is -0.181. The first kappa shape index (κ1) is 9.71. The number of pyridine rings is 1. The summed E-state index contributed by atoms with van der Waals surface area (Å²) in [5, 5.41) is 14.7. The van der Waals surface area contributed by atoms with Crippen molar-refractivity contribution in [1.82, 2.24) is 0 Å². The van der Waals surface area contributed by atoms with Crippen LogP contribution in [0.1, 0.15) is 23.9 Å². The van der Waals surface area contributed by atoms with E-state index in [1.807, 2.05) is 32.9 Å². The Morgan fingerprint density at radius 2 is 1.69 bits per heavy atom. The van der Waals surface area contributed by atoms with Crippen molar-refractivity contribution in [2.45, 2.75) is 27.7 Å². The van der Waals surface area contributed by atoms with E-state index in [-0.39, 0.29) is 5.90 Å². The Labute approximate surface area is 78.3 Å². The zero-order valence-corrected chi connectivity index (χ0v) is 8.46. The molecule has 1 rings (SSSR count). The van der Waals surface area contributed by atoms with Gasteiger partial charge in [0, 0.05) is 31.9 Å². The molecule has 0 aliphatic carbocycles. The average Bonchev–Trinajstić information content (AvgIpc) is 1.96. The second-order valence-corrected chi connectivity index (χ2v) is 3.25. The van der Waals surface area contributed by atoms with E-state index in [1.54, 1.807) is 4.68 Å². The van der Waals surface area contributed by atoms with Gasteiger partial charge in [-0.2, -0.15) is 0 Å². The van der Waals surface area contributed by atoms with E-state index in [1.165, 1.54) is 12.5 Å². The maximum Gasteiger partial charge on any atom is 0.212 e. The standard InChI is InChI=1S/C10H14N2O/c1-7-5-8(2)12(9(3)6-7)11-10(4)13/h5-6H,1-4H3. The smallest absolute Gasteiger partial charge is 0.212 e. The van der Waals surface area contributed by atoms with Crippen LogP contribution in [0.4, 0.5) is 0 Å². The van der Waals surface area contributed by atoms with Crippen LogP contribution in [-0.2, 0) is 0 Å². The predicted molar refractivity (Wildman–Crippen MR) is 49.4 cm³/mol. The summed E-state index contributed by atoms with van der Waals surface area (Å²) >= 11 is 0. The van der Waals surface area contributed by atoms with Crippen LogP contribution in [0.3, 0.4) is 0 Å². The van der Waals surface area contributed by atoms with Gasteiger partial charge in [-0.15, -0.1) is 0 Å². The Balaban J connectivity index is 3.29. The van der Waals surface area contributed by atoms with Gasteiger partial charge in [-0.3, -0.25) is 0 Å². The zero-order chi connectivity index (χ0) is 10.0. The number of hydrogen-bond donors (Lipinski definition) is 0. The van der Waals surface area contributed by atoms with Gasteiger partial charge < -0.3 is 5.11 Å². The third-order valence-electron chi connectivity index (χ3n) is 1.78. The minimum absolute atomic E-state index is 0.181. The fraction of sp³-hybridized carbons (Fsp3) is 0.400. The summed E-state index contributed by atoms with van der Waals surface area (Å²) in [4.78, 5) is 0. The molecule has 0 aliphatic rings. The van der Waals surface area contributed by atoms with Crippen molar-refractivity contribution in [3.63, 3.8) is 0 Å². The minimum atomic E-state index is -0.181. The van der Waals surface area contributed by atoms with Crippen LogP contribution in [-0.4, -0.2) is 5.90 Å². The molecule has 0 atom stereocenters. The molecular weight excluding hydrogens is 164 g/mol. The topological polar surface area (TPSA) is 39.3 Å². The Morgan fingerprint density at radius 1 is 1.23 bits per heavy atom. The van der Waals surface area contributed by atoms with Gasteiger partial charge in [0.25, 0.3) is 0 Å². The van der Waals surface area contributed by atoms with Crippen molar-refractivity contribution in [1.29, 1.82) is 0 Å². The second kappa shape index (κ2) is 3.56. The molecule has 1 aromatic heterocycles. The molecule has 0 saturated carbocycles. The molecule has 70 valence electrons. The van der Waals surface area contributed by atoms with Gasteiger partial charge in [-0.25, -0.2) is 0 Å². The van der Waals surface area contributed by atoms with Crippen molar-refractivity contribution in [2.75, 3.05) is 0 Å². The Hall–Kier alpha value is -1.38. The lowest BCUT2D eigenvalue weighted by molar-refractivity contribution is -0.693. The SMILES string of the molecule is C/C([O-])=N/[n+]1c(C)cc(C)cc1C. The van der Waals surface area contributed by atoms with Crippen molar-refractivity contribution >= 4 is 5.90 Å². The molecule has 0 spiro atoms. The first-order chi connectivity index (χ1) is 6.00. The van der Waals surface area contributed by atoms with Gasteiger partial charge in [-0.1, -0.05) is 4.68 Å². The lowest BCUT2D eigenvalue weighted by Crippen LogP contribution is -2.38. The summed E-state index contributed by atoms with van der Waals surface area (Å²) in [6.45, 7) is 7.35. The predicted octanol–water partition coefficient (Wildman–Crippen LogP) is 0.441. The molecule has 0 N–H and O–H groups in total. The van der Waals surface area contributed by atoms with Crippen molar-refractivity contribution in [2.24, 2.45) is 5.10 Å². The van der Waals surface area contributed by atoms with E-state index in [0.29, 0.717) is 0 Å². The van der Waals surface area contributed by atoms with Crippen molar-refractivity contribution < 1.29 is 9.78 Å². The summed E-state index contributed by atoms with van der Waals surface area (Å²) < 4.78 is 1.66. The van der Waals surface area contributed by atoms with Crippen LogP contribution < -0.4 is 9.78 Å². The number of aryl methyl sites for hydroxylation is 3. The van der Waals surface area contributed by atoms with Gasteiger partial charge in [0.2, 0.25) is 11.4 Å². The molecule has 0 unspecified atom stereocenters. The van der Waals surface area contributed by atoms with Gasteiger partial charge >= 0.3 is 0 Å². The Morgan fingerprint density at radius 3 is 2.08 bits per heavy atom. The van der Waals surface area contributed by atoms with Gasteiger partial charge in [0.15, 0.2) is 0 Å². The maximum absolute atomic E-state index is 10.8. The van der Waals surface area contributed by atoms with Crippen molar-refractivity contribution in [3.05, 3.63) is 29.1 Å². The fourth-order valence-electron chi connectivity index (χ4n) is 1.40. The van der Waals surface area contributed by atoms with Crippen molar-refractivity contribution in [3.8, 4) is 0 Å². The molecule has 0 aromatic carbocycles. The van der Waals surface area contributed by atoms with Gasteiger partial charge in [0.1, 0.15) is 0 Å². The highest BCUT2D eigenvalue weighted by atomic mass is 16.3. The third kappa shape index (κ3) is 2.28. The van der Waals surface area contributed by atoms with Crippen LogP contribution in [0.5, 0.6) is 0 Å². The molecule has 3 nitrogen and oxygen atoms in total. The first-order valence-electron chi connectivity index (χ1n) is 4.23. The quantitative estimate of drug-likeness (QED) is 0.349. The van der Waals surface area contributed by atoms with E-state index < -0.39 is 0 Å². The molecule has 1 aromatic rings. The van der Waals surface area contributed by atoms with Crippen LogP contribution >= 0.6 is 0 Å². The molecule has 0 saturated heterocycles. The Kier molecular flexibility index (Phi) is 2.66. The van der Waals surface area contributed by atoms with Crippen LogP contribution in [0.2, 0.25) is 0 Å². The summed E-state index contributed by atoms with van der Waals surface area (Å²) in [6, 6.07) is 4.00. The van der Waals surface area contributed by atoms with Crippen LogP contribution in [0.15, 0.2) is 17.2 Å². The van der Waals surface area contributed by atoms with E-state index in [9.17, 15) is 5.11 Å². The summed E-state index contributed by atoms with van der Waals surface area (Å²) in [6.07, 6.45) is 0. The highest BCUT2D eigenvalue weighted by molar-refractivity contribution is 5.67. The first-order valence-corrected chi connectivity index (χ1v) is 4.23. The number of rotatable bonds is 1. The zero-order valence-electron chi connectivity index (χ0n) is 8.46. The number of hydrogen-bond acceptors (Lipinski definition) is 2. The number of aromatic nitrogens is 1. The van der Waals surface area contributed by atoms with Crippen LogP contribution in [0.25, 0.3) is 0 Å². The highest BCUT2D eigenvalue weighted by Crippen LogP contribution is 2.00. The fourth-order valence-corrected chi connectivity index (χ4v) is 1.40. The maximum atomic E-state index is 10.8. The molecule has 0 fully saturated rings. The monoisotopic (exact) mass is 178 g/mol. The highest BCUT2D eigenvalue weighted by Gasteiger charge is 2.09. The molecular formula is C10H14N2O. The molecule has 3 heteroatoms. The molecule has 0 bridgehead atoms. The van der Waals surface area contributed by atoms with Gasteiger partial charge in [-0.05, 0) is 24.5 Å². The van der Waals surface area contributed by atoms with E-state index in [4.69, 9.17) is 0 Å². The lowest BCUT2D eigenvalue weighted by atomic mass is 10.2. The average molecular weight is 178 g/mol. The Bertz CT molecular complexity index is 329. The lowest BCUT2D eigenvalue weighted by Gasteiger charge is -2.01. The van der Waals surface area contributed by atoms with E-state index in [0.717, 1.165) is 11.4 Å². The van der Waals surface area contributed by atoms with E-state index >= 15 is 0 Å². The molecule has 0 radical (unpaired) electrons. The van der Waals surface area contributed by atoms with Crippen LogP contribution in [0, 0.1) is 20.8 Å². The normalized spacial score (nSPS) is 11.8. The van der Waals surface area contributed by atoms with E-state index in [2.05, 4.69) is 5.10 Å². The molecule has 13 heavy (non-hydrogen) atoms. The second-order valence-electron chi connectivity index (χ2n) is 3.25. The van der Waals surface area contributed by atoms with Gasteiger partial charge in [0.05, 0.1) is 0 Å². The number of nitrogens with zero attached hydrogens (tertiary/aromatic N) is 2. The summed E-state index contributed by atoms with van der Waals surface area (Å²) in [5.41, 5.74) is 3.14. The molecule has 0 amide bonds.